The van der Waals surface area contributed by atoms with Crippen LogP contribution in [-0.2, 0) is 0 Å². The monoisotopic (exact) mass is 177 g/mol. The maximum absolute atomic E-state index is 5.64. The van der Waals surface area contributed by atoms with Crippen molar-refractivity contribution in [3.05, 3.63) is 22.3 Å². The Labute approximate surface area is 68.1 Å². The Morgan fingerprint density at radius 2 is 2.20 bits per heavy atom. The van der Waals surface area contributed by atoms with Gasteiger partial charge in [0.2, 0.25) is 0 Å². The molecule has 10 heavy (non-hydrogen) atoms. The first-order valence-electron chi connectivity index (χ1n) is 2.51. The summed E-state index contributed by atoms with van der Waals surface area (Å²) in [6, 6.07) is 1.56. The van der Waals surface area contributed by atoms with Crippen molar-refractivity contribution in [2.24, 2.45) is 5.84 Å². The van der Waals surface area contributed by atoms with Crippen LogP contribution in [0.4, 0.5) is 5.82 Å². The summed E-state index contributed by atoms with van der Waals surface area (Å²) in [5, 5.41) is 0.902. The number of nitrogens with zero attached hydrogens (tertiary/aromatic N) is 1. The minimum absolute atomic E-state index is 0.412. The summed E-state index contributed by atoms with van der Waals surface area (Å²) in [5.74, 6) is 5.48. The molecule has 1 heterocycles. The number of halogens is 2. The number of nitrogens with two attached hydrogens (primary N) is 1. The van der Waals surface area contributed by atoms with E-state index in [1.165, 1.54) is 6.20 Å². The van der Waals surface area contributed by atoms with E-state index in [1.807, 2.05) is 0 Å². The van der Waals surface area contributed by atoms with Crippen LogP contribution in [0.5, 0.6) is 0 Å². The van der Waals surface area contributed by atoms with E-state index >= 15 is 0 Å². The number of hydrogen-bond donors (Lipinski definition) is 2. The fraction of sp³-hybridized carbons (Fsp3) is 0. The SMILES string of the molecule is NNc1ncc(Cl)cc1Cl. The fourth-order valence-corrected chi connectivity index (χ4v) is 0.955. The lowest BCUT2D eigenvalue weighted by molar-refractivity contribution is 1.23. The van der Waals surface area contributed by atoms with E-state index in [4.69, 9.17) is 29.0 Å². The second-order valence-electron chi connectivity index (χ2n) is 1.63. The Morgan fingerprint density at radius 1 is 1.50 bits per heavy atom. The molecule has 0 amide bonds. The van der Waals surface area contributed by atoms with Crippen LogP contribution in [0.25, 0.3) is 0 Å². The van der Waals surface area contributed by atoms with Crippen LogP contribution < -0.4 is 11.3 Å². The summed E-state index contributed by atoms with van der Waals surface area (Å²) >= 11 is 11.2. The molecule has 3 nitrogen and oxygen atoms in total. The molecule has 54 valence electrons. The molecule has 0 aliphatic rings. The third-order valence-corrected chi connectivity index (χ3v) is 1.44. The highest BCUT2D eigenvalue weighted by Gasteiger charge is 1.98. The van der Waals surface area contributed by atoms with Gasteiger partial charge < -0.3 is 5.43 Å². The molecule has 0 fully saturated rings. The van der Waals surface area contributed by atoms with Gasteiger partial charge in [0.25, 0.3) is 0 Å². The van der Waals surface area contributed by atoms with E-state index in [1.54, 1.807) is 6.07 Å². The number of hydrogen-bond acceptors (Lipinski definition) is 3. The zero-order valence-electron chi connectivity index (χ0n) is 4.94. The van der Waals surface area contributed by atoms with E-state index in [0.717, 1.165) is 0 Å². The van der Waals surface area contributed by atoms with E-state index in [9.17, 15) is 0 Å². The summed E-state index contributed by atoms with van der Waals surface area (Å²) in [4.78, 5) is 3.80. The maximum atomic E-state index is 5.64. The highest BCUT2D eigenvalue weighted by atomic mass is 35.5. The third-order valence-electron chi connectivity index (χ3n) is 0.945. The minimum atomic E-state index is 0.412. The van der Waals surface area contributed by atoms with Gasteiger partial charge in [0.05, 0.1) is 10.0 Å². The van der Waals surface area contributed by atoms with Crippen LogP contribution in [0.3, 0.4) is 0 Å². The van der Waals surface area contributed by atoms with E-state index in [2.05, 4.69) is 10.4 Å². The molecule has 0 bridgehead atoms. The maximum Gasteiger partial charge on any atom is 0.158 e. The van der Waals surface area contributed by atoms with Crippen LogP contribution in [-0.4, -0.2) is 4.98 Å². The molecular formula is C5H5Cl2N3. The van der Waals surface area contributed by atoms with Gasteiger partial charge in [-0.05, 0) is 6.07 Å². The number of pyridine rings is 1. The van der Waals surface area contributed by atoms with Gasteiger partial charge >= 0.3 is 0 Å². The summed E-state index contributed by atoms with van der Waals surface area (Å²) in [5.41, 5.74) is 2.32. The first-order chi connectivity index (χ1) is 4.74. The molecule has 1 rings (SSSR count). The summed E-state index contributed by atoms with van der Waals surface area (Å²) in [6.45, 7) is 0. The Kier molecular flexibility index (Phi) is 2.32. The topological polar surface area (TPSA) is 50.9 Å². The lowest BCUT2D eigenvalue weighted by Gasteiger charge is -1.99. The van der Waals surface area contributed by atoms with E-state index in [-0.39, 0.29) is 0 Å². The highest BCUT2D eigenvalue weighted by molar-refractivity contribution is 6.35. The van der Waals surface area contributed by atoms with Crippen LogP contribution >= 0.6 is 23.2 Å². The second-order valence-corrected chi connectivity index (χ2v) is 2.47. The highest BCUT2D eigenvalue weighted by Crippen LogP contribution is 2.20. The third kappa shape index (κ3) is 1.50. The lowest BCUT2D eigenvalue weighted by atomic mass is 10.5. The lowest BCUT2D eigenvalue weighted by Crippen LogP contribution is -2.08. The average molecular weight is 178 g/mol. The molecule has 0 atom stereocenters. The van der Waals surface area contributed by atoms with Crippen molar-refractivity contribution in [1.82, 2.24) is 4.98 Å². The largest absolute Gasteiger partial charge is 0.307 e. The molecule has 3 N–H and O–H groups in total. The van der Waals surface area contributed by atoms with Gasteiger partial charge in [-0.3, -0.25) is 0 Å². The van der Waals surface area contributed by atoms with Gasteiger partial charge in [-0.25, -0.2) is 10.8 Å². The number of anilines is 1. The van der Waals surface area contributed by atoms with E-state index < -0.39 is 0 Å². The summed E-state index contributed by atoms with van der Waals surface area (Å²) in [7, 11) is 0. The standard InChI is InChI=1S/C5H5Cl2N3/c6-3-1-4(7)5(10-8)9-2-3/h1-2H,8H2,(H,9,10). The molecule has 1 aromatic rings. The molecule has 0 radical (unpaired) electrons. The van der Waals surface area contributed by atoms with Gasteiger partial charge in [0.1, 0.15) is 0 Å². The van der Waals surface area contributed by atoms with Gasteiger partial charge in [0, 0.05) is 6.20 Å². The predicted octanol–water partition coefficient (Wildman–Crippen LogP) is 1.67. The van der Waals surface area contributed by atoms with Gasteiger partial charge in [0.15, 0.2) is 5.82 Å². The number of nitrogens with one attached hydrogen (secondary N) is 1. The Bertz CT molecular complexity index is 238. The number of hydrazine groups is 1. The van der Waals surface area contributed by atoms with Gasteiger partial charge in [-0.15, -0.1) is 0 Å². The Balaban J connectivity index is 3.07. The average Bonchev–Trinajstić information content (AvgIpc) is 1.88. The molecule has 0 aliphatic heterocycles. The minimum Gasteiger partial charge on any atom is -0.307 e. The van der Waals surface area contributed by atoms with Crippen LogP contribution in [0, 0.1) is 0 Å². The zero-order valence-corrected chi connectivity index (χ0v) is 6.45. The van der Waals surface area contributed by atoms with Crippen molar-refractivity contribution in [1.29, 1.82) is 0 Å². The second kappa shape index (κ2) is 3.05. The molecule has 0 saturated heterocycles. The van der Waals surface area contributed by atoms with Crippen molar-refractivity contribution in [3.8, 4) is 0 Å². The van der Waals surface area contributed by atoms with Crippen LogP contribution in [0.15, 0.2) is 12.3 Å². The summed E-state index contributed by atoms with van der Waals surface area (Å²) < 4.78 is 0. The normalized spacial score (nSPS) is 9.50. The van der Waals surface area contributed by atoms with Crippen molar-refractivity contribution >= 4 is 29.0 Å². The molecular weight excluding hydrogens is 173 g/mol. The quantitative estimate of drug-likeness (QED) is 0.508. The van der Waals surface area contributed by atoms with Crippen molar-refractivity contribution < 1.29 is 0 Å². The zero-order chi connectivity index (χ0) is 7.56. The molecule has 0 spiro atoms. The molecule has 5 heteroatoms. The van der Waals surface area contributed by atoms with Crippen LogP contribution in [0.1, 0.15) is 0 Å². The fourth-order valence-electron chi connectivity index (χ4n) is 0.521. The first-order valence-corrected chi connectivity index (χ1v) is 3.27. The van der Waals surface area contributed by atoms with Crippen molar-refractivity contribution in [3.63, 3.8) is 0 Å². The van der Waals surface area contributed by atoms with Crippen molar-refractivity contribution in [2.45, 2.75) is 0 Å². The Morgan fingerprint density at radius 3 is 2.70 bits per heavy atom. The number of nitrogen functional groups attached to an aromatic ring is 1. The number of aromatic nitrogens is 1. The van der Waals surface area contributed by atoms with Crippen molar-refractivity contribution in [2.75, 3.05) is 5.43 Å². The predicted molar refractivity (Wildman–Crippen MR) is 42.1 cm³/mol. The molecule has 0 saturated carbocycles. The Hall–Kier alpha value is -0.510. The molecule has 0 unspecified atom stereocenters. The summed E-state index contributed by atoms with van der Waals surface area (Å²) in [6.07, 6.45) is 1.46. The van der Waals surface area contributed by atoms with E-state index in [0.29, 0.717) is 15.9 Å². The van der Waals surface area contributed by atoms with Gasteiger partial charge in [-0.2, -0.15) is 0 Å². The van der Waals surface area contributed by atoms with Gasteiger partial charge in [-0.1, -0.05) is 23.2 Å². The molecule has 1 aromatic heterocycles. The number of rotatable bonds is 1. The molecule has 0 aromatic carbocycles. The molecule has 0 aliphatic carbocycles. The van der Waals surface area contributed by atoms with Crippen LogP contribution in [0.2, 0.25) is 10.0 Å². The smallest absolute Gasteiger partial charge is 0.158 e. The first kappa shape index (κ1) is 7.60.